The first-order chi connectivity index (χ1) is 9.06. The van der Waals surface area contributed by atoms with Gasteiger partial charge in [-0.2, -0.15) is 0 Å². The Hall–Kier alpha value is -1.71. The molecule has 4 heteroatoms. The van der Waals surface area contributed by atoms with Crippen LogP contribution in [0.15, 0.2) is 42.5 Å². The molecule has 1 unspecified atom stereocenters. The molecule has 0 saturated heterocycles. The molecular weight excluding hydrogens is 262 g/mol. The lowest BCUT2D eigenvalue weighted by Gasteiger charge is -2.16. The summed E-state index contributed by atoms with van der Waals surface area (Å²) in [7, 11) is 0. The summed E-state index contributed by atoms with van der Waals surface area (Å²) in [5, 5.41) is 23.2. The van der Waals surface area contributed by atoms with E-state index in [2.05, 4.69) is 5.32 Å². The van der Waals surface area contributed by atoms with Crippen LogP contribution < -0.4 is 5.32 Å². The zero-order valence-electron chi connectivity index (χ0n) is 10.6. The van der Waals surface area contributed by atoms with Gasteiger partial charge in [-0.25, -0.2) is 0 Å². The van der Waals surface area contributed by atoms with Gasteiger partial charge in [0.15, 0.2) is 0 Å². The third-order valence-electron chi connectivity index (χ3n) is 2.98. The van der Waals surface area contributed by atoms with Crippen molar-refractivity contribution >= 4 is 11.6 Å². The predicted molar refractivity (Wildman–Crippen MR) is 76.5 cm³/mol. The molecule has 0 bridgehead atoms. The highest BCUT2D eigenvalue weighted by atomic mass is 35.5. The number of hydrogen-bond donors (Lipinski definition) is 3. The lowest BCUT2D eigenvalue weighted by atomic mass is 10.1. The molecule has 1 atom stereocenters. The van der Waals surface area contributed by atoms with Crippen molar-refractivity contribution in [3.05, 3.63) is 58.6 Å². The van der Waals surface area contributed by atoms with E-state index < -0.39 is 0 Å². The average molecular weight is 278 g/mol. The monoisotopic (exact) mass is 277 g/mol. The number of benzene rings is 2. The number of phenolic OH excluding ortho intramolecular Hbond substituents is 2. The molecule has 100 valence electrons. The molecule has 3 N–H and O–H groups in total. The minimum Gasteiger partial charge on any atom is -0.508 e. The fourth-order valence-corrected chi connectivity index (χ4v) is 2.13. The molecule has 0 radical (unpaired) electrons. The van der Waals surface area contributed by atoms with Gasteiger partial charge in [0.05, 0.1) is 0 Å². The first-order valence-corrected chi connectivity index (χ1v) is 6.44. The van der Waals surface area contributed by atoms with Gasteiger partial charge in [0.1, 0.15) is 11.5 Å². The first kappa shape index (κ1) is 13.7. The van der Waals surface area contributed by atoms with E-state index in [-0.39, 0.29) is 17.5 Å². The molecule has 2 aromatic rings. The summed E-state index contributed by atoms with van der Waals surface area (Å²) in [4.78, 5) is 0. The van der Waals surface area contributed by atoms with Crippen molar-refractivity contribution in [3.63, 3.8) is 0 Å². The van der Waals surface area contributed by atoms with Crippen molar-refractivity contribution in [1.82, 2.24) is 5.32 Å². The van der Waals surface area contributed by atoms with E-state index in [1.54, 1.807) is 6.07 Å². The third-order valence-corrected chi connectivity index (χ3v) is 3.21. The average Bonchev–Trinajstić information content (AvgIpc) is 2.39. The maximum atomic E-state index is 9.77. The highest BCUT2D eigenvalue weighted by molar-refractivity contribution is 6.30. The van der Waals surface area contributed by atoms with Gasteiger partial charge in [-0.3, -0.25) is 0 Å². The SMILES string of the molecule is CC(NCc1cccc(Cl)c1)c1cc(O)ccc1O. The lowest BCUT2D eigenvalue weighted by Crippen LogP contribution is -2.18. The largest absolute Gasteiger partial charge is 0.508 e. The Morgan fingerprint density at radius 2 is 1.95 bits per heavy atom. The van der Waals surface area contributed by atoms with Crippen LogP contribution in [-0.2, 0) is 6.54 Å². The topological polar surface area (TPSA) is 52.5 Å². The molecule has 19 heavy (non-hydrogen) atoms. The van der Waals surface area contributed by atoms with Gasteiger partial charge in [-0.1, -0.05) is 23.7 Å². The number of rotatable bonds is 4. The van der Waals surface area contributed by atoms with Crippen molar-refractivity contribution in [2.45, 2.75) is 19.5 Å². The van der Waals surface area contributed by atoms with Gasteiger partial charge in [0, 0.05) is 23.2 Å². The van der Waals surface area contributed by atoms with E-state index >= 15 is 0 Å². The van der Waals surface area contributed by atoms with Crippen LogP contribution in [0.1, 0.15) is 24.1 Å². The van der Waals surface area contributed by atoms with E-state index in [0.29, 0.717) is 17.1 Å². The van der Waals surface area contributed by atoms with Gasteiger partial charge in [0.2, 0.25) is 0 Å². The molecule has 3 nitrogen and oxygen atoms in total. The lowest BCUT2D eigenvalue weighted by molar-refractivity contribution is 0.440. The highest BCUT2D eigenvalue weighted by Crippen LogP contribution is 2.27. The zero-order chi connectivity index (χ0) is 13.8. The Morgan fingerprint density at radius 1 is 1.16 bits per heavy atom. The molecule has 0 aliphatic carbocycles. The summed E-state index contributed by atoms with van der Waals surface area (Å²) in [5.74, 6) is 0.313. The van der Waals surface area contributed by atoms with Crippen LogP contribution in [-0.4, -0.2) is 10.2 Å². The van der Waals surface area contributed by atoms with Crippen molar-refractivity contribution < 1.29 is 10.2 Å². The van der Waals surface area contributed by atoms with Gasteiger partial charge >= 0.3 is 0 Å². The number of halogens is 1. The second-order valence-electron chi connectivity index (χ2n) is 4.48. The zero-order valence-corrected chi connectivity index (χ0v) is 11.4. The number of hydrogen-bond acceptors (Lipinski definition) is 3. The molecule has 2 aromatic carbocycles. The van der Waals surface area contributed by atoms with Crippen LogP contribution in [0.3, 0.4) is 0 Å². The summed E-state index contributed by atoms with van der Waals surface area (Å²) in [5.41, 5.74) is 1.74. The third kappa shape index (κ3) is 3.63. The fourth-order valence-electron chi connectivity index (χ4n) is 1.92. The normalized spacial score (nSPS) is 12.3. The maximum absolute atomic E-state index is 9.77. The molecule has 0 aliphatic heterocycles. The Labute approximate surface area is 117 Å². The molecule has 2 rings (SSSR count). The Kier molecular flexibility index (Phi) is 4.30. The van der Waals surface area contributed by atoms with Gasteiger partial charge in [-0.15, -0.1) is 0 Å². The predicted octanol–water partition coefficient (Wildman–Crippen LogP) is 3.60. The van der Waals surface area contributed by atoms with Crippen LogP contribution in [0.25, 0.3) is 0 Å². The van der Waals surface area contributed by atoms with Crippen LogP contribution >= 0.6 is 11.6 Å². The summed E-state index contributed by atoms with van der Waals surface area (Å²) in [6, 6.07) is 12.0. The van der Waals surface area contributed by atoms with E-state index in [1.165, 1.54) is 12.1 Å². The van der Waals surface area contributed by atoms with Crippen LogP contribution in [0.5, 0.6) is 11.5 Å². The quantitative estimate of drug-likeness (QED) is 0.749. The summed E-state index contributed by atoms with van der Waals surface area (Å²) >= 11 is 5.92. The van der Waals surface area contributed by atoms with E-state index in [1.807, 2.05) is 31.2 Å². The molecule has 0 spiro atoms. The second-order valence-corrected chi connectivity index (χ2v) is 4.91. The molecular formula is C15H16ClNO2. The Bertz CT molecular complexity index is 572. The minimum absolute atomic E-state index is 0.0777. The second kappa shape index (κ2) is 5.95. The first-order valence-electron chi connectivity index (χ1n) is 6.06. The molecule has 0 aromatic heterocycles. The van der Waals surface area contributed by atoms with Crippen molar-refractivity contribution in [2.24, 2.45) is 0 Å². The molecule has 0 heterocycles. The van der Waals surface area contributed by atoms with Crippen molar-refractivity contribution in [3.8, 4) is 11.5 Å². The highest BCUT2D eigenvalue weighted by Gasteiger charge is 2.10. The Morgan fingerprint density at radius 3 is 2.68 bits per heavy atom. The van der Waals surface area contributed by atoms with E-state index in [0.717, 1.165) is 5.56 Å². The number of phenols is 2. The Balaban J connectivity index is 2.05. The minimum atomic E-state index is -0.0777. The standard InChI is InChI=1S/C15H16ClNO2/c1-10(14-8-13(18)5-6-15(14)19)17-9-11-3-2-4-12(16)7-11/h2-8,10,17-19H,9H2,1H3. The molecule has 0 saturated carbocycles. The number of nitrogens with one attached hydrogen (secondary N) is 1. The van der Waals surface area contributed by atoms with E-state index in [4.69, 9.17) is 11.6 Å². The summed E-state index contributed by atoms with van der Waals surface area (Å²) in [6.45, 7) is 2.57. The smallest absolute Gasteiger partial charge is 0.120 e. The maximum Gasteiger partial charge on any atom is 0.120 e. The molecule has 0 amide bonds. The van der Waals surface area contributed by atoms with Crippen LogP contribution in [0.4, 0.5) is 0 Å². The number of aromatic hydroxyl groups is 2. The van der Waals surface area contributed by atoms with E-state index in [9.17, 15) is 10.2 Å². The molecule has 0 fully saturated rings. The van der Waals surface area contributed by atoms with Crippen LogP contribution in [0.2, 0.25) is 5.02 Å². The van der Waals surface area contributed by atoms with Gasteiger partial charge in [0.25, 0.3) is 0 Å². The summed E-state index contributed by atoms with van der Waals surface area (Å²) < 4.78 is 0. The van der Waals surface area contributed by atoms with Gasteiger partial charge < -0.3 is 15.5 Å². The van der Waals surface area contributed by atoms with Gasteiger partial charge in [-0.05, 0) is 42.8 Å². The summed E-state index contributed by atoms with van der Waals surface area (Å²) in [6.07, 6.45) is 0. The van der Waals surface area contributed by atoms with Crippen molar-refractivity contribution in [2.75, 3.05) is 0 Å². The van der Waals surface area contributed by atoms with Crippen LogP contribution in [0, 0.1) is 0 Å². The fraction of sp³-hybridized carbons (Fsp3) is 0.200. The molecule has 0 aliphatic rings. The van der Waals surface area contributed by atoms with Crippen molar-refractivity contribution in [1.29, 1.82) is 0 Å².